The van der Waals surface area contributed by atoms with Crippen molar-refractivity contribution >= 4 is 11.8 Å². The molecule has 0 spiro atoms. The van der Waals surface area contributed by atoms with Crippen molar-refractivity contribution in [2.45, 2.75) is 6.18 Å². The van der Waals surface area contributed by atoms with Crippen molar-refractivity contribution in [3.63, 3.8) is 0 Å². The molecule has 0 aliphatic rings. The van der Waals surface area contributed by atoms with Crippen molar-refractivity contribution in [1.82, 2.24) is 5.16 Å². The highest BCUT2D eigenvalue weighted by atomic mass is 19.4. The molecule has 1 N–H and O–H groups in total. The second kappa shape index (κ2) is 6.19. The van der Waals surface area contributed by atoms with E-state index in [1.807, 2.05) is 30.3 Å². The van der Waals surface area contributed by atoms with Crippen LogP contribution in [0.15, 0.2) is 65.2 Å². The summed E-state index contributed by atoms with van der Waals surface area (Å²) in [7, 11) is 0. The number of halogens is 3. The molecule has 3 aromatic rings. The van der Waals surface area contributed by atoms with Gasteiger partial charge < -0.3 is 4.52 Å². The molecule has 1 heterocycles. The average Bonchev–Trinajstić information content (AvgIpc) is 3.03. The maximum absolute atomic E-state index is 12.7. The second-order valence-corrected chi connectivity index (χ2v) is 4.98. The fourth-order valence-electron chi connectivity index (χ4n) is 2.10. The number of carbonyl (C=O) groups is 1. The van der Waals surface area contributed by atoms with Gasteiger partial charge in [-0.2, -0.15) is 13.2 Å². The summed E-state index contributed by atoms with van der Waals surface area (Å²) >= 11 is 0. The van der Waals surface area contributed by atoms with E-state index in [4.69, 9.17) is 4.52 Å². The molecule has 2 aromatic carbocycles. The zero-order valence-corrected chi connectivity index (χ0v) is 12.2. The normalized spacial score (nSPS) is 11.3. The second-order valence-electron chi connectivity index (χ2n) is 4.98. The smallest absolute Gasteiger partial charge is 0.338 e. The van der Waals surface area contributed by atoms with E-state index < -0.39 is 17.6 Å². The lowest BCUT2D eigenvalue weighted by Gasteiger charge is -2.08. The minimum atomic E-state index is -4.51. The lowest BCUT2D eigenvalue weighted by atomic mass is 10.1. The van der Waals surface area contributed by atoms with Gasteiger partial charge in [-0.3, -0.25) is 10.1 Å². The van der Waals surface area contributed by atoms with E-state index in [9.17, 15) is 18.0 Å². The summed E-state index contributed by atoms with van der Waals surface area (Å²) < 4.78 is 43.1. The molecule has 0 saturated heterocycles. The van der Waals surface area contributed by atoms with E-state index in [2.05, 4.69) is 10.5 Å². The van der Waals surface area contributed by atoms with E-state index in [0.29, 0.717) is 5.69 Å². The number of hydrogen-bond donors (Lipinski definition) is 1. The molecule has 4 nitrogen and oxygen atoms in total. The number of anilines is 1. The largest absolute Gasteiger partial charge is 0.416 e. The molecule has 0 aliphatic heterocycles. The summed E-state index contributed by atoms with van der Waals surface area (Å²) in [6.45, 7) is 0. The highest BCUT2D eigenvalue weighted by Gasteiger charge is 2.31. The van der Waals surface area contributed by atoms with Crippen LogP contribution in [0.1, 0.15) is 15.9 Å². The van der Waals surface area contributed by atoms with Crippen LogP contribution in [-0.4, -0.2) is 11.1 Å². The highest BCUT2D eigenvalue weighted by Crippen LogP contribution is 2.29. The van der Waals surface area contributed by atoms with Crippen LogP contribution >= 0.6 is 0 Å². The van der Waals surface area contributed by atoms with Crippen LogP contribution < -0.4 is 5.32 Å². The van der Waals surface area contributed by atoms with Crippen molar-refractivity contribution in [2.24, 2.45) is 0 Å². The van der Waals surface area contributed by atoms with Crippen molar-refractivity contribution in [1.29, 1.82) is 0 Å². The third kappa shape index (κ3) is 3.45. The summed E-state index contributed by atoms with van der Waals surface area (Å²) in [5.74, 6) is -0.659. The van der Waals surface area contributed by atoms with Gasteiger partial charge in [0.25, 0.3) is 5.91 Å². The van der Waals surface area contributed by atoms with Gasteiger partial charge in [-0.15, -0.1) is 0 Å². The zero-order valence-electron chi connectivity index (χ0n) is 12.2. The third-order valence-electron chi connectivity index (χ3n) is 3.27. The predicted octanol–water partition coefficient (Wildman–Crippen LogP) is 4.61. The van der Waals surface area contributed by atoms with Crippen molar-refractivity contribution in [3.8, 4) is 11.3 Å². The molecule has 122 valence electrons. The zero-order chi connectivity index (χ0) is 17.2. The van der Waals surface area contributed by atoms with E-state index in [0.717, 1.165) is 17.7 Å². The number of carbonyl (C=O) groups excluding carboxylic acids is 1. The Hall–Kier alpha value is -3.09. The maximum atomic E-state index is 12.7. The van der Waals surface area contributed by atoms with Gasteiger partial charge >= 0.3 is 6.18 Å². The van der Waals surface area contributed by atoms with Gasteiger partial charge in [0.05, 0.1) is 5.56 Å². The van der Waals surface area contributed by atoms with Gasteiger partial charge in [-0.25, -0.2) is 0 Å². The number of aromatic nitrogens is 1. The monoisotopic (exact) mass is 332 g/mol. The first-order valence-electron chi connectivity index (χ1n) is 6.94. The maximum Gasteiger partial charge on any atom is 0.416 e. The molecule has 3 rings (SSSR count). The fourth-order valence-corrected chi connectivity index (χ4v) is 2.10. The topological polar surface area (TPSA) is 55.1 Å². The Morgan fingerprint density at radius 2 is 1.75 bits per heavy atom. The Bertz CT molecular complexity index is 858. The van der Waals surface area contributed by atoms with E-state index in [-0.39, 0.29) is 11.4 Å². The lowest BCUT2D eigenvalue weighted by Crippen LogP contribution is -2.13. The van der Waals surface area contributed by atoms with Crippen molar-refractivity contribution in [2.75, 3.05) is 5.32 Å². The summed E-state index contributed by atoms with van der Waals surface area (Å²) in [5, 5.41) is 6.21. The molecule has 0 saturated carbocycles. The Balaban J connectivity index is 1.77. The van der Waals surface area contributed by atoms with Crippen LogP contribution in [0.2, 0.25) is 0 Å². The lowest BCUT2D eigenvalue weighted by molar-refractivity contribution is -0.137. The minimum absolute atomic E-state index is 0.0521. The fraction of sp³-hybridized carbons (Fsp3) is 0.0588. The molecule has 7 heteroatoms. The SMILES string of the molecule is O=C(Nc1cc(-c2ccccc2)no1)c1cccc(C(F)(F)F)c1. The van der Waals surface area contributed by atoms with Crippen LogP contribution in [0.25, 0.3) is 11.3 Å². The van der Waals surface area contributed by atoms with Gasteiger partial charge in [0, 0.05) is 17.2 Å². The first-order valence-corrected chi connectivity index (χ1v) is 6.94. The summed E-state index contributed by atoms with van der Waals surface area (Å²) in [5.41, 5.74) is 0.288. The number of amides is 1. The minimum Gasteiger partial charge on any atom is -0.338 e. The molecular weight excluding hydrogens is 321 g/mol. The first-order chi connectivity index (χ1) is 11.4. The number of rotatable bonds is 3. The predicted molar refractivity (Wildman–Crippen MR) is 81.3 cm³/mol. The highest BCUT2D eigenvalue weighted by molar-refractivity contribution is 6.03. The van der Waals surface area contributed by atoms with Gasteiger partial charge in [0.2, 0.25) is 5.88 Å². The van der Waals surface area contributed by atoms with Crippen molar-refractivity contribution < 1.29 is 22.5 Å². The summed E-state index contributed by atoms with van der Waals surface area (Å²) in [4.78, 5) is 12.1. The summed E-state index contributed by atoms with van der Waals surface area (Å²) in [6, 6.07) is 14.8. The summed E-state index contributed by atoms with van der Waals surface area (Å²) in [6.07, 6.45) is -4.51. The quantitative estimate of drug-likeness (QED) is 0.762. The number of nitrogens with zero attached hydrogens (tertiary/aromatic N) is 1. The molecule has 1 amide bonds. The molecule has 0 fully saturated rings. The molecule has 24 heavy (non-hydrogen) atoms. The number of alkyl halides is 3. The Morgan fingerprint density at radius 1 is 1.00 bits per heavy atom. The Kier molecular flexibility index (Phi) is 4.07. The molecule has 0 atom stereocenters. The van der Waals surface area contributed by atoms with Gasteiger partial charge in [-0.05, 0) is 18.2 Å². The van der Waals surface area contributed by atoms with Gasteiger partial charge in [-0.1, -0.05) is 41.6 Å². The van der Waals surface area contributed by atoms with Crippen LogP contribution in [0.5, 0.6) is 0 Å². The molecule has 0 aliphatic carbocycles. The Labute approximate surface area is 134 Å². The molecule has 1 aromatic heterocycles. The molecule has 0 bridgehead atoms. The number of hydrogen-bond acceptors (Lipinski definition) is 3. The number of benzene rings is 2. The standard InChI is InChI=1S/C17H11F3N2O2/c18-17(19,20)13-8-4-7-12(9-13)16(23)21-15-10-14(22-24-15)11-5-2-1-3-6-11/h1-10H,(H,21,23). The van der Waals surface area contributed by atoms with Gasteiger partial charge in [0.1, 0.15) is 5.69 Å². The Morgan fingerprint density at radius 3 is 2.46 bits per heavy atom. The van der Waals surface area contributed by atoms with Crippen LogP contribution in [0.4, 0.5) is 19.1 Å². The molecule has 0 unspecified atom stereocenters. The first kappa shape index (κ1) is 15.8. The number of nitrogens with one attached hydrogen (secondary N) is 1. The third-order valence-corrected chi connectivity index (χ3v) is 3.27. The van der Waals surface area contributed by atoms with Crippen LogP contribution in [-0.2, 0) is 6.18 Å². The van der Waals surface area contributed by atoms with Crippen molar-refractivity contribution in [3.05, 3.63) is 71.8 Å². The van der Waals surface area contributed by atoms with E-state index in [1.165, 1.54) is 18.2 Å². The average molecular weight is 332 g/mol. The molecular formula is C17H11F3N2O2. The van der Waals surface area contributed by atoms with E-state index in [1.54, 1.807) is 0 Å². The molecule has 0 radical (unpaired) electrons. The van der Waals surface area contributed by atoms with Gasteiger partial charge in [0.15, 0.2) is 0 Å². The van der Waals surface area contributed by atoms with E-state index >= 15 is 0 Å². The van der Waals surface area contributed by atoms with Crippen LogP contribution in [0, 0.1) is 0 Å². The van der Waals surface area contributed by atoms with Crippen LogP contribution in [0.3, 0.4) is 0 Å².